The van der Waals surface area contributed by atoms with Crippen LogP contribution in [0.25, 0.3) is 0 Å². The number of nitrogen functional groups attached to an aromatic ring is 1. The first kappa shape index (κ1) is 11.8. The molecule has 7 heteroatoms. The summed E-state index contributed by atoms with van der Waals surface area (Å²) in [6.45, 7) is 0. The summed E-state index contributed by atoms with van der Waals surface area (Å²) in [6, 6.07) is 7.67. The number of benzene rings is 1. The molecule has 4 N–H and O–H groups in total. The van der Waals surface area contributed by atoms with E-state index in [1.165, 1.54) is 18.3 Å². The summed E-state index contributed by atoms with van der Waals surface area (Å²) in [6.07, 6.45) is 1.48. The predicted octanol–water partition coefficient (Wildman–Crippen LogP) is 1.52. The third-order valence-corrected chi connectivity index (χ3v) is 2.17. The lowest BCUT2D eigenvalue weighted by molar-refractivity contribution is 0.624. The van der Waals surface area contributed by atoms with Crippen LogP contribution < -0.4 is 16.6 Å². The molecule has 1 aromatic heterocycles. The molecule has 1 heterocycles. The van der Waals surface area contributed by atoms with Gasteiger partial charge in [0.2, 0.25) is 5.95 Å². The van der Waals surface area contributed by atoms with E-state index in [0.717, 1.165) is 0 Å². The third-order valence-electron chi connectivity index (χ3n) is 2.17. The maximum atomic E-state index is 13.4. The highest BCUT2D eigenvalue weighted by Crippen LogP contribution is 2.21. The highest BCUT2D eigenvalue weighted by atomic mass is 19.1. The topological polar surface area (TPSA) is 99.7 Å². The van der Waals surface area contributed by atoms with Crippen molar-refractivity contribution in [1.29, 1.82) is 5.26 Å². The summed E-state index contributed by atoms with van der Waals surface area (Å²) in [5.74, 6) is 5.21. The van der Waals surface area contributed by atoms with E-state index in [2.05, 4.69) is 20.7 Å². The zero-order chi connectivity index (χ0) is 13.0. The van der Waals surface area contributed by atoms with Gasteiger partial charge in [0.1, 0.15) is 23.3 Å². The van der Waals surface area contributed by atoms with Crippen molar-refractivity contribution in [1.82, 2.24) is 9.97 Å². The van der Waals surface area contributed by atoms with Gasteiger partial charge in [-0.15, -0.1) is 0 Å². The molecule has 0 aliphatic rings. The Balaban J connectivity index is 2.34. The van der Waals surface area contributed by atoms with Gasteiger partial charge in [0.25, 0.3) is 0 Å². The molecule has 90 valence electrons. The quantitative estimate of drug-likeness (QED) is 0.559. The molecule has 1 aromatic carbocycles. The molecule has 0 aliphatic heterocycles. The van der Waals surface area contributed by atoms with Crippen molar-refractivity contribution in [3.63, 3.8) is 0 Å². The van der Waals surface area contributed by atoms with Crippen molar-refractivity contribution >= 4 is 17.5 Å². The van der Waals surface area contributed by atoms with Crippen molar-refractivity contribution in [3.05, 3.63) is 41.8 Å². The first-order chi connectivity index (χ1) is 8.74. The summed E-state index contributed by atoms with van der Waals surface area (Å²) in [4.78, 5) is 7.83. The number of hydrazine groups is 1. The Kier molecular flexibility index (Phi) is 3.31. The number of nitrogens with one attached hydrogen (secondary N) is 2. The Labute approximate surface area is 102 Å². The van der Waals surface area contributed by atoms with Crippen LogP contribution in [0.5, 0.6) is 0 Å². The van der Waals surface area contributed by atoms with Gasteiger partial charge in [-0.1, -0.05) is 6.07 Å². The molecule has 2 aromatic rings. The van der Waals surface area contributed by atoms with Crippen LogP contribution in [0.2, 0.25) is 0 Å². The molecule has 2 rings (SSSR count). The third kappa shape index (κ3) is 2.34. The van der Waals surface area contributed by atoms with Crippen LogP contribution in [0, 0.1) is 17.1 Å². The predicted molar refractivity (Wildman–Crippen MR) is 64.2 cm³/mol. The number of halogens is 1. The van der Waals surface area contributed by atoms with E-state index >= 15 is 0 Å². The molecule has 6 nitrogen and oxygen atoms in total. The lowest BCUT2D eigenvalue weighted by atomic mass is 10.2. The van der Waals surface area contributed by atoms with E-state index in [9.17, 15) is 4.39 Å². The van der Waals surface area contributed by atoms with Crippen LogP contribution in [-0.4, -0.2) is 9.97 Å². The standard InChI is InChI=1S/C11H9FN6/c12-8-2-1-3-9(7(8)6-13)16-10-4-5-15-11(17-10)18-14/h1-5H,14H2,(H2,15,16,17,18). The van der Waals surface area contributed by atoms with E-state index in [0.29, 0.717) is 11.5 Å². The highest BCUT2D eigenvalue weighted by Gasteiger charge is 2.08. The first-order valence-corrected chi connectivity index (χ1v) is 5.00. The number of aromatic nitrogens is 2. The molecule has 0 fully saturated rings. The molecular weight excluding hydrogens is 235 g/mol. The molecule has 0 saturated carbocycles. The largest absolute Gasteiger partial charge is 0.339 e. The van der Waals surface area contributed by atoms with Crippen molar-refractivity contribution in [2.75, 3.05) is 10.7 Å². The highest BCUT2D eigenvalue weighted by molar-refractivity contribution is 5.65. The van der Waals surface area contributed by atoms with E-state index in [1.54, 1.807) is 18.2 Å². The normalized spacial score (nSPS) is 9.61. The number of rotatable bonds is 3. The van der Waals surface area contributed by atoms with Crippen LogP contribution in [0.4, 0.5) is 21.8 Å². The molecule has 0 spiro atoms. The fraction of sp³-hybridized carbons (Fsp3) is 0. The Morgan fingerprint density at radius 2 is 2.17 bits per heavy atom. The van der Waals surface area contributed by atoms with E-state index in [1.807, 2.05) is 0 Å². The van der Waals surface area contributed by atoms with Gasteiger partial charge < -0.3 is 5.32 Å². The Hall–Kier alpha value is -2.72. The Bertz CT molecular complexity index is 607. The minimum absolute atomic E-state index is 0.0710. The Morgan fingerprint density at radius 1 is 1.33 bits per heavy atom. The van der Waals surface area contributed by atoms with Crippen LogP contribution in [0.1, 0.15) is 5.56 Å². The van der Waals surface area contributed by atoms with Crippen molar-refractivity contribution in [2.45, 2.75) is 0 Å². The summed E-state index contributed by atoms with van der Waals surface area (Å²) < 4.78 is 13.4. The van der Waals surface area contributed by atoms with Crippen LogP contribution in [0.3, 0.4) is 0 Å². The smallest absolute Gasteiger partial charge is 0.239 e. The molecule has 18 heavy (non-hydrogen) atoms. The van der Waals surface area contributed by atoms with E-state index in [-0.39, 0.29) is 11.5 Å². The monoisotopic (exact) mass is 244 g/mol. The minimum atomic E-state index is -0.589. The molecule has 0 saturated heterocycles. The number of nitriles is 1. The van der Waals surface area contributed by atoms with Gasteiger partial charge in [0.05, 0.1) is 5.69 Å². The van der Waals surface area contributed by atoms with Crippen molar-refractivity contribution < 1.29 is 4.39 Å². The second-order valence-corrected chi connectivity index (χ2v) is 3.31. The van der Waals surface area contributed by atoms with E-state index < -0.39 is 5.82 Å². The molecule has 0 amide bonds. The average Bonchev–Trinajstić information content (AvgIpc) is 2.39. The van der Waals surface area contributed by atoms with Gasteiger partial charge in [-0.2, -0.15) is 10.2 Å². The summed E-state index contributed by atoms with van der Waals surface area (Å²) >= 11 is 0. The number of hydrogen-bond acceptors (Lipinski definition) is 6. The summed E-state index contributed by atoms with van der Waals surface area (Å²) in [5, 5.41) is 11.7. The van der Waals surface area contributed by atoms with Gasteiger partial charge in [0.15, 0.2) is 0 Å². The molecule has 0 radical (unpaired) electrons. The fourth-order valence-electron chi connectivity index (χ4n) is 1.38. The summed E-state index contributed by atoms with van der Waals surface area (Å²) in [7, 11) is 0. The minimum Gasteiger partial charge on any atom is -0.339 e. The molecule has 0 aliphatic carbocycles. The lowest BCUT2D eigenvalue weighted by Crippen LogP contribution is -2.11. The average molecular weight is 244 g/mol. The van der Waals surface area contributed by atoms with Crippen LogP contribution in [0.15, 0.2) is 30.5 Å². The maximum Gasteiger partial charge on any atom is 0.239 e. The van der Waals surface area contributed by atoms with Crippen molar-refractivity contribution in [2.24, 2.45) is 5.84 Å². The van der Waals surface area contributed by atoms with Crippen LogP contribution in [-0.2, 0) is 0 Å². The second-order valence-electron chi connectivity index (χ2n) is 3.31. The number of anilines is 3. The van der Waals surface area contributed by atoms with Gasteiger partial charge in [-0.3, -0.25) is 5.43 Å². The molecular formula is C11H9FN6. The van der Waals surface area contributed by atoms with Crippen LogP contribution >= 0.6 is 0 Å². The maximum absolute atomic E-state index is 13.4. The van der Waals surface area contributed by atoms with Gasteiger partial charge >= 0.3 is 0 Å². The van der Waals surface area contributed by atoms with Gasteiger partial charge in [0, 0.05) is 6.20 Å². The van der Waals surface area contributed by atoms with E-state index in [4.69, 9.17) is 11.1 Å². The zero-order valence-electron chi connectivity index (χ0n) is 9.18. The molecule has 0 unspecified atom stereocenters. The number of nitrogens with zero attached hydrogens (tertiary/aromatic N) is 3. The number of nitrogens with two attached hydrogens (primary N) is 1. The summed E-state index contributed by atoms with van der Waals surface area (Å²) in [5.41, 5.74) is 2.55. The number of hydrogen-bond donors (Lipinski definition) is 3. The van der Waals surface area contributed by atoms with Gasteiger partial charge in [-0.05, 0) is 18.2 Å². The molecule has 0 atom stereocenters. The first-order valence-electron chi connectivity index (χ1n) is 5.00. The zero-order valence-corrected chi connectivity index (χ0v) is 9.18. The SMILES string of the molecule is N#Cc1c(F)cccc1Nc1ccnc(NN)n1. The van der Waals surface area contributed by atoms with Gasteiger partial charge in [-0.25, -0.2) is 15.2 Å². The lowest BCUT2D eigenvalue weighted by Gasteiger charge is -2.08. The molecule has 0 bridgehead atoms. The Morgan fingerprint density at radius 3 is 2.89 bits per heavy atom. The van der Waals surface area contributed by atoms with Crippen molar-refractivity contribution in [3.8, 4) is 6.07 Å². The second kappa shape index (κ2) is 5.07. The fourth-order valence-corrected chi connectivity index (χ4v) is 1.38.